The van der Waals surface area contributed by atoms with E-state index in [4.69, 9.17) is 5.11 Å². The fraction of sp³-hybridized carbons (Fsp3) is 0.818. The molecule has 0 aromatic rings. The Morgan fingerprint density at radius 2 is 2.12 bits per heavy atom. The summed E-state index contributed by atoms with van der Waals surface area (Å²) in [6.45, 7) is 5.52. The molecule has 6 heteroatoms. The lowest BCUT2D eigenvalue weighted by molar-refractivity contribution is -0.143. The highest BCUT2D eigenvalue weighted by atomic mass is 16.4. The van der Waals surface area contributed by atoms with Crippen LogP contribution in [0.1, 0.15) is 33.6 Å². The third kappa shape index (κ3) is 3.09. The molecule has 1 heterocycles. The number of hydrogen-bond donors (Lipinski definition) is 3. The Morgan fingerprint density at radius 1 is 1.53 bits per heavy atom. The number of aliphatic carboxylic acids is 1. The average Bonchev–Trinajstić information content (AvgIpc) is 2.58. The molecule has 0 saturated carbocycles. The molecule has 17 heavy (non-hydrogen) atoms. The predicted molar refractivity (Wildman–Crippen MR) is 61.7 cm³/mol. The number of carboxylic acid groups (broad SMARTS) is 1. The van der Waals surface area contributed by atoms with Crippen LogP contribution in [0.15, 0.2) is 0 Å². The van der Waals surface area contributed by atoms with Crippen molar-refractivity contribution in [1.29, 1.82) is 0 Å². The number of urea groups is 1. The first-order valence-electron chi connectivity index (χ1n) is 5.73. The molecule has 1 rings (SSSR count). The van der Waals surface area contributed by atoms with Gasteiger partial charge in [-0.25, -0.2) is 9.59 Å². The molecule has 1 aliphatic rings. The SMILES string of the molecule is CCC(C)(NC(=O)N1CCC(C)(O)C1)C(=O)O. The van der Waals surface area contributed by atoms with E-state index >= 15 is 0 Å². The Balaban J connectivity index is 2.64. The van der Waals surface area contributed by atoms with Crippen LogP contribution < -0.4 is 5.32 Å². The Bertz CT molecular complexity index is 329. The smallest absolute Gasteiger partial charge is 0.329 e. The number of rotatable bonds is 3. The molecule has 2 amide bonds. The minimum atomic E-state index is -1.26. The highest BCUT2D eigenvalue weighted by Gasteiger charge is 2.38. The van der Waals surface area contributed by atoms with Crippen molar-refractivity contribution in [1.82, 2.24) is 10.2 Å². The first-order chi connectivity index (χ1) is 7.70. The summed E-state index contributed by atoms with van der Waals surface area (Å²) in [4.78, 5) is 24.3. The van der Waals surface area contributed by atoms with E-state index in [2.05, 4.69) is 5.32 Å². The van der Waals surface area contributed by atoms with Gasteiger partial charge in [0.2, 0.25) is 0 Å². The Labute approximate surface area is 101 Å². The summed E-state index contributed by atoms with van der Waals surface area (Å²) in [5, 5.41) is 21.3. The number of β-amino-alcohol motifs (C(OH)–C–C–N with tert-alkyl or cyclic N) is 1. The van der Waals surface area contributed by atoms with Crippen molar-refractivity contribution in [3.63, 3.8) is 0 Å². The van der Waals surface area contributed by atoms with Gasteiger partial charge in [-0.15, -0.1) is 0 Å². The maximum atomic E-state index is 11.9. The van der Waals surface area contributed by atoms with Crippen LogP contribution in [0, 0.1) is 0 Å². The predicted octanol–water partition coefficient (Wildman–Crippen LogP) is 0.406. The number of amides is 2. The van der Waals surface area contributed by atoms with Crippen LogP contribution in [0.25, 0.3) is 0 Å². The van der Waals surface area contributed by atoms with Crippen LogP contribution in [-0.2, 0) is 4.79 Å². The minimum Gasteiger partial charge on any atom is -0.480 e. The first-order valence-corrected chi connectivity index (χ1v) is 5.73. The zero-order valence-corrected chi connectivity index (χ0v) is 10.5. The third-order valence-corrected chi connectivity index (χ3v) is 3.30. The second kappa shape index (κ2) is 4.52. The molecule has 0 aromatic heterocycles. The van der Waals surface area contributed by atoms with Crippen LogP contribution in [0.3, 0.4) is 0 Å². The number of nitrogens with zero attached hydrogens (tertiary/aromatic N) is 1. The maximum Gasteiger partial charge on any atom is 0.329 e. The normalized spacial score (nSPS) is 27.6. The van der Waals surface area contributed by atoms with Crippen molar-refractivity contribution in [2.75, 3.05) is 13.1 Å². The van der Waals surface area contributed by atoms with Crippen molar-refractivity contribution < 1.29 is 19.8 Å². The fourth-order valence-electron chi connectivity index (χ4n) is 1.73. The average molecular weight is 244 g/mol. The van der Waals surface area contributed by atoms with E-state index in [1.807, 2.05) is 0 Å². The van der Waals surface area contributed by atoms with Crippen LogP contribution in [0.4, 0.5) is 4.79 Å². The number of nitrogens with one attached hydrogen (secondary N) is 1. The monoisotopic (exact) mass is 244 g/mol. The topological polar surface area (TPSA) is 89.9 Å². The number of carboxylic acids is 1. The molecule has 1 aliphatic heterocycles. The maximum absolute atomic E-state index is 11.9. The molecule has 0 aromatic carbocycles. The molecular formula is C11H20N2O4. The second-order valence-corrected chi connectivity index (χ2v) is 5.09. The molecule has 0 aliphatic carbocycles. The molecule has 2 unspecified atom stereocenters. The molecule has 0 bridgehead atoms. The van der Waals surface area contributed by atoms with Crippen LogP contribution >= 0.6 is 0 Å². The molecule has 98 valence electrons. The van der Waals surface area contributed by atoms with Crippen LogP contribution in [0.2, 0.25) is 0 Å². The van der Waals surface area contributed by atoms with Gasteiger partial charge < -0.3 is 20.4 Å². The highest BCUT2D eigenvalue weighted by molar-refractivity contribution is 5.86. The number of likely N-dealkylation sites (tertiary alicyclic amines) is 1. The van der Waals surface area contributed by atoms with E-state index in [-0.39, 0.29) is 6.54 Å². The van der Waals surface area contributed by atoms with Crippen molar-refractivity contribution >= 4 is 12.0 Å². The number of hydrogen-bond acceptors (Lipinski definition) is 3. The Kier molecular flexibility index (Phi) is 3.66. The number of aliphatic hydroxyl groups is 1. The second-order valence-electron chi connectivity index (χ2n) is 5.09. The van der Waals surface area contributed by atoms with Crippen molar-refractivity contribution in [2.45, 2.75) is 44.8 Å². The van der Waals surface area contributed by atoms with Crippen LogP contribution in [0.5, 0.6) is 0 Å². The zero-order chi connectivity index (χ0) is 13.3. The van der Waals surface area contributed by atoms with E-state index in [0.29, 0.717) is 19.4 Å². The quantitative estimate of drug-likeness (QED) is 0.670. The van der Waals surface area contributed by atoms with E-state index in [9.17, 15) is 14.7 Å². The Morgan fingerprint density at radius 3 is 2.47 bits per heavy atom. The van der Waals surface area contributed by atoms with E-state index < -0.39 is 23.1 Å². The van der Waals surface area contributed by atoms with Gasteiger partial charge in [-0.3, -0.25) is 0 Å². The molecule has 0 radical (unpaired) electrons. The van der Waals surface area contributed by atoms with Gasteiger partial charge in [0, 0.05) is 6.54 Å². The first kappa shape index (κ1) is 13.8. The molecule has 6 nitrogen and oxygen atoms in total. The standard InChI is InChI=1S/C11H20N2O4/c1-4-11(3,8(14)15)12-9(16)13-6-5-10(2,17)7-13/h17H,4-7H2,1-3H3,(H,12,16)(H,14,15). The third-order valence-electron chi connectivity index (χ3n) is 3.30. The summed E-state index contributed by atoms with van der Waals surface area (Å²) < 4.78 is 0. The van der Waals surface area contributed by atoms with E-state index in [1.165, 1.54) is 11.8 Å². The molecule has 1 fully saturated rings. The lowest BCUT2D eigenvalue weighted by Gasteiger charge is -2.28. The lowest BCUT2D eigenvalue weighted by Crippen LogP contribution is -2.55. The number of carbonyl (C=O) groups excluding carboxylic acids is 1. The van der Waals surface area contributed by atoms with Crippen molar-refractivity contribution in [3.05, 3.63) is 0 Å². The molecule has 3 N–H and O–H groups in total. The van der Waals surface area contributed by atoms with Crippen LogP contribution in [-0.4, -0.2) is 51.3 Å². The van der Waals surface area contributed by atoms with E-state index in [0.717, 1.165) is 0 Å². The van der Waals surface area contributed by atoms with Gasteiger partial charge in [0.15, 0.2) is 0 Å². The summed E-state index contributed by atoms with van der Waals surface area (Å²) in [7, 11) is 0. The Hall–Kier alpha value is -1.30. The van der Waals surface area contributed by atoms with Gasteiger partial charge in [0.25, 0.3) is 0 Å². The molecule has 0 spiro atoms. The van der Waals surface area contributed by atoms with Gasteiger partial charge in [-0.2, -0.15) is 0 Å². The highest BCUT2D eigenvalue weighted by Crippen LogP contribution is 2.21. The van der Waals surface area contributed by atoms with Crippen molar-refractivity contribution in [3.8, 4) is 0 Å². The summed E-state index contributed by atoms with van der Waals surface area (Å²) in [5.74, 6) is -1.06. The van der Waals surface area contributed by atoms with Gasteiger partial charge >= 0.3 is 12.0 Å². The fourth-order valence-corrected chi connectivity index (χ4v) is 1.73. The lowest BCUT2D eigenvalue weighted by atomic mass is 10.00. The minimum absolute atomic E-state index is 0.234. The van der Waals surface area contributed by atoms with Gasteiger partial charge in [-0.1, -0.05) is 6.92 Å². The van der Waals surface area contributed by atoms with Gasteiger partial charge in [0.05, 0.1) is 12.1 Å². The van der Waals surface area contributed by atoms with Crippen molar-refractivity contribution in [2.24, 2.45) is 0 Å². The molecular weight excluding hydrogens is 224 g/mol. The van der Waals surface area contributed by atoms with E-state index in [1.54, 1.807) is 13.8 Å². The summed E-state index contributed by atoms with van der Waals surface area (Å²) in [5.41, 5.74) is -2.13. The van der Waals surface area contributed by atoms with Gasteiger partial charge in [-0.05, 0) is 26.7 Å². The summed E-state index contributed by atoms with van der Waals surface area (Å²) in [6, 6.07) is -0.436. The number of carbonyl (C=O) groups is 2. The summed E-state index contributed by atoms with van der Waals surface area (Å²) >= 11 is 0. The largest absolute Gasteiger partial charge is 0.480 e. The van der Waals surface area contributed by atoms with Gasteiger partial charge in [0.1, 0.15) is 5.54 Å². The molecule has 2 atom stereocenters. The zero-order valence-electron chi connectivity index (χ0n) is 10.5. The molecule has 1 saturated heterocycles. The summed E-state index contributed by atoms with van der Waals surface area (Å²) in [6.07, 6.45) is 0.814.